The van der Waals surface area contributed by atoms with Gasteiger partial charge < -0.3 is 0 Å². The second kappa shape index (κ2) is 6.79. The van der Waals surface area contributed by atoms with Gasteiger partial charge in [0.1, 0.15) is 0 Å². The molecule has 4 saturated carbocycles. The normalized spacial score (nSPS) is 46.4. The molecular weight excluding hydrogens is 348 g/mol. The maximum Gasteiger partial charge on any atom is 0.0406 e. The van der Waals surface area contributed by atoms with Crippen LogP contribution in [0.1, 0.15) is 83.6 Å². The van der Waals surface area contributed by atoms with Crippen LogP contribution in [0.15, 0.2) is 24.3 Å². The Hall–Kier alpha value is -0.490. The van der Waals surface area contributed by atoms with E-state index in [1.54, 1.807) is 0 Å². The van der Waals surface area contributed by atoms with Gasteiger partial charge in [0.15, 0.2) is 0 Å². The van der Waals surface area contributed by atoms with Crippen molar-refractivity contribution in [1.82, 2.24) is 0 Å². The molecular formula is C26H37Cl. The summed E-state index contributed by atoms with van der Waals surface area (Å²) in [7, 11) is 0. The molecule has 1 aromatic carbocycles. The largest absolute Gasteiger partial charge is 0.0843 e. The third kappa shape index (κ3) is 3.00. The summed E-state index contributed by atoms with van der Waals surface area (Å²) in [6, 6.07) is 8.76. The summed E-state index contributed by atoms with van der Waals surface area (Å²) in [5.41, 5.74) is 2.80. The van der Waals surface area contributed by atoms with Gasteiger partial charge in [0.2, 0.25) is 0 Å². The first-order valence-corrected chi connectivity index (χ1v) is 12.1. The van der Waals surface area contributed by atoms with E-state index in [-0.39, 0.29) is 0 Å². The Morgan fingerprint density at radius 2 is 1.63 bits per heavy atom. The van der Waals surface area contributed by atoms with Crippen LogP contribution in [0.5, 0.6) is 0 Å². The first-order chi connectivity index (χ1) is 13.0. The predicted molar refractivity (Wildman–Crippen MR) is 115 cm³/mol. The molecule has 2 unspecified atom stereocenters. The minimum atomic E-state index is 0.613. The third-order valence-corrected chi connectivity index (χ3v) is 10.2. The molecule has 0 amide bonds. The summed E-state index contributed by atoms with van der Waals surface area (Å²) in [6.07, 6.45) is 16.3. The summed E-state index contributed by atoms with van der Waals surface area (Å²) in [6.45, 7) is 5.37. The van der Waals surface area contributed by atoms with Gasteiger partial charge in [-0.05, 0) is 109 Å². The molecule has 4 aliphatic rings. The number of hydrogen-bond donors (Lipinski definition) is 0. The summed E-state index contributed by atoms with van der Waals surface area (Å²) in [5, 5.41) is 0.874. The molecule has 0 bridgehead atoms. The zero-order valence-corrected chi connectivity index (χ0v) is 18.1. The van der Waals surface area contributed by atoms with Crippen molar-refractivity contribution in [2.75, 3.05) is 0 Å². The van der Waals surface area contributed by atoms with Gasteiger partial charge in [-0.25, -0.2) is 0 Å². The van der Waals surface area contributed by atoms with Crippen molar-refractivity contribution in [3.05, 3.63) is 34.9 Å². The van der Waals surface area contributed by atoms with Crippen molar-refractivity contribution in [3.63, 3.8) is 0 Å². The molecule has 0 N–H and O–H groups in total. The molecule has 27 heavy (non-hydrogen) atoms. The van der Waals surface area contributed by atoms with Crippen LogP contribution < -0.4 is 0 Å². The lowest BCUT2D eigenvalue weighted by molar-refractivity contribution is -0.128. The molecule has 0 saturated heterocycles. The average molecular weight is 385 g/mol. The fourth-order valence-corrected chi connectivity index (χ4v) is 8.84. The van der Waals surface area contributed by atoms with Crippen LogP contribution in [0.2, 0.25) is 5.02 Å². The lowest BCUT2D eigenvalue weighted by Gasteiger charge is -2.62. The molecule has 148 valence electrons. The standard InChI is InChI=1S/C26H37Cl/c1-25-13-5-7-23(25)21-17-19(16-18-8-10-20(27)11-9-18)22-6-3-4-14-26(22,2)24(21)12-15-25/h8-11,19,21-24H,3-7,12-17H2,1-2H3/t19?,21-,22?,23-,24+,25-,26-/m0/s1. The summed E-state index contributed by atoms with van der Waals surface area (Å²) >= 11 is 6.15. The van der Waals surface area contributed by atoms with Crippen molar-refractivity contribution in [2.45, 2.75) is 84.5 Å². The van der Waals surface area contributed by atoms with Crippen LogP contribution in [-0.2, 0) is 6.42 Å². The molecule has 7 atom stereocenters. The van der Waals surface area contributed by atoms with E-state index in [4.69, 9.17) is 11.6 Å². The zero-order valence-electron chi connectivity index (χ0n) is 17.4. The maximum absolute atomic E-state index is 6.15. The minimum absolute atomic E-state index is 0.613. The van der Waals surface area contributed by atoms with Gasteiger partial charge in [-0.15, -0.1) is 0 Å². The highest BCUT2D eigenvalue weighted by Gasteiger charge is 2.59. The molecule has 0 radical (unpaired) electrons. The second-order valence-electron chi connectivity index (χ2n) is 11.1. The van der Waals surface area contributed by atoms with E-state index in [2.05, 4.69) is 38.1 Å². The van der Waals surface area contributed by atoms with Crippen LogP contribution in [0.25, 0.3) is 0 Å². The monoisotopic (exact) mass is 384 g/mol. The molecule has 0 aliphatic heterocycles. The highest BCUT2D eigenvalue weighted by Crippen LogP contribution is 2.67. The van der Waals surface area contributed by atoms with E-state index in [1.165, 1.54) is 76.2 Å². The SMILES string of the molecule is C[C@@]12CCC[C@H]1[C@@H]1CC(Cc3ccc(Cl)cc3)C3CCCC[C@]3(C)[C@@H]1CC2. The van der Waals surface area contributed by atoms with Crippen LogP contribution in [-0.4, -0.2) is 0 Å². The van der Waals surface area contributed by atoms with Gasteiger partial charge in [-0.2, -0.15) is 0 Å². The van der Waals surface area contributed by atoms with Gasteiger partial charge in [-0.1, -0.05) is 56.8 Å². The topological polar surface area (TPSA) is 0 Å². The molecule has 0 aromatic heterocycles. The molecule has 0 heterocycles. The van der Waals surface area contributed by atoms with Crippen molar-refractivity contribution in [2.24, 2.45) is 40.4 Å². The smallest absolute Gasteiger partial charge is 0.0406 e. The molecule has 1 aromatic rings. The van der Waals surface area contributed by atoms with E-state index in [0.717, 1.165) is 34.6 Å². The highest BCUT2D eigenvalue weighted by atomic mass is 35.5. The van der Waals surface area contributed by atoms with Crippen LogP contribution >= 0.6 is 11.6 Å². The molecule has 0 spiro atoms. The lowest BCUT2D eigenvalue weighted by Crippen LogP contribution is -2.55. The van der Waals surface area contributed by atoms with E-state index >= 15 is 0 Å². The Morgan fingerprint density at radius 1 is 0.852 bits per heavy atom. The summed E-state index contributed by atoms with van der Waals surface area (Å²) in [5.74, 6) is 4.88. The number of rotatable bonds is 2. The van der Waals surface area contributed by atoms with E-state index in [0.29, 0.717) is 10.8 Å². The Kier molecular flexibility index (Phi) is 4.66. The van der Waals surface area contributed by atoms with Crippen molar-refractivity contribution >= 4 is 11.6 Å². The second-order valence-corrected chi connectivity index (χ2v) is 11.6. The van der Waals surface area contributed by atoms with Gasteiger partial charge in [0.25, 0.3) is 0 Å². The quantitative estimate of drug-likeness (QED) is 0.485. The predicted octanol–water partition coefficient (Wildman–Crippen LogP) is 7.93. The van der Waals surface area contributed by atoms with Gasteiger partial charge in [0.05, 0.1) is 0 Å². The van der Waals surface area contributed by atoms with E-state index in [1.807, 2.05) is 0 Å². The molecule has 5 rings (SSSR count). The van der Waals surface area contributed by atoms with E-state index < -0.39 is 0 Å². The third-order valence-electron chi connectivity index (χ3n) is 9.95. The number of fused-ring (bicyclic) bond motifs is 5. The Morgan fingerprint density at radius 3 is 2.44 bits per heavy atom. The fourth-order valence-electron chi connectivity index (χ4n) is 8.71. The molecule has 1 heteroatoms. The Labute approximate surface area is 171 Å². The molecule has 4 aliphatic carbocycles. The van der Waals surface area contributed by atoms with E-state index in [9.17, 15) is 0 Å². The first kappa shape index (κ1) is 18.5. The Bertz CT molecular complexity index is 678. The van der Waals surface area contributed by atoms with Gasteiger partial charge in [-0.3, -0.25) is 0 Å². The van der Waals surface area contributed by atoms with Gasteiger partial charge >= 0.3 is 0 Å². The Balaban J connectivity index is 1.47. The first-order valence-electron chi connectivity index (χ1n) is 11.7. The van der Waals surface area contributed by atoms with Crippen LogP contribution in [0.4, 0.5) is 0 Å². The van der Waals surface area contributed by atoms with Crippen molar-refractivity contribution < 1.29 is 0 Å². The number of hydrogen-bond acceptors (Lipinski definition) is 0. The van der Waals surface area contributed by atoms with Crippen molar-refractivity contribution in [3.8, 4) is 0 Å². The maximum atomic E-state index is 6.15. The summed E-state index contributed by atoms with van der Waals surface area (Å²) in [4.78, 5) is 0. The van der Waals surface area contributed by atoms with Crippen LogP contribution in [0.3, 0.4) is 0 Å². The number of halogens is 1. The molecule has 0 nitrogen and oxygen atoms in total. The molecule has 4 fully saturated rings. The number of benzene rings is 1. The average Bonchev–Trinajstić information content (AvgIpc) is 3.05. The lowest BCUT2D eigenvalue weighted by atomic mass is 9.43. The minimum Gasteiger partial charge on any atom is -0.0843 e. The summed E-state index contributed by atoms with van der Waals surface area (Å²) < 4.78 is 0. The van der Waals surface area contributed by atoms with Gasteiger partial charge in [0, 0.05) is 5.02 Å². The van der Waals surface area contributed by atoms with Crippen LogP contribution in [0, 0.1) is 40.4 Å². The van der Waals surface area contributed by atoms with Crippen molar-refractivity contribution in [1.29, 1.82) is 0 Å². The zero-order chi connectivity index (χ0) is 18.6. The fraction of sp³-hybridized carbons (Fsp3) is 0.769. The highest BCUT2D eigenvalue weighted by molar-refractivity contribution is 6.30.